The molecule has 1 aliphatic heterocycles. The first kappa shape index (κ1) is 18.1. The summed E-state index contributed by atoms with van der Waals surface area (Å²) in [6, 6.07) is 7.76. The summed E-state index contributed by atoms with van der Waals surface area (Å²) < 4.78 is 9.54. The van der Waals surface area contributed by atoms with E-state index in [4.69, 9.17) is 4.74 Å². The zero-order valence-electron chi connectivity index (χ0n) is 15.8. The van der Waals surface area contributed by atoms with E-state index in [9.17, 15) is 4.79 Å². The summed E-state index contributed by atoms with van der Waals surface area (Å²) in [5.74, 6) is -0.0706. The van der Waals surface area contributed by atoms with Crippen molar-refractivity contribution in [2.24, 2.45) is 0 Å². The maximum Gasteiger partial charge on any atom is 0.261 e. The molecule has 5 rings (SSSR count). The minimum Gasteiger partial charge on any atom is -0.376 e. The van der Waals surface area contributed by atoms with Crippen LogP contribution in [-0.2, 0) is 17.8 Å². The topological polar surface area (TPSA) is 73.5 Å². The van der Waals surface area contributed by atoms with Gasteiger partial charge in [-0.3, -0.25) is 9.48 Å². The number of hydrogen-bond donors (Lipinski definition) is 1. The third-order valence-corrected chi connectivity index (χ3v) is 6.20. The van der Waals surface area contributed by atoms with Crippen molar-refractivity contribution in [3.8, 4) is 10.4 Å². The Morgan fingerprint density at radius 2 is 2.24 bits per heavy atom. The molecule has 0 aromatic carbocycles. The zero-order chi connectivity index (χ0) is 19.6. The first-order valence-corrected chi connectivity index (χ1v) is 10.5. The molecule has 148 valence electrons. The van der Waals surface area contributed by atoms with Crippen molar-refractivity contribution in [1.29, 1.82) is 0 Å². The van der Waals surface area contributed by atoms with Gasteiger partial charge in [0.1, 0.15) is 5.65 Å². The Balaban J connectivity index is 1.22. The Morgan fingerprint density at radius 3 is 3.14 bits per heavy atom. The van der Waals surface area contributed by atoms with Crippen LogP contribution in [0.15, 0.2) is 55.2 Å². The van der Waals surface area contributed by atoms with Crippen LogP contribution in [0.4, 0.5) is 0 Å². The number of carbonyl (C=O) groups is 1. The van der Waals surface area contributed by atoms with Crippen LogP contribution in [0.3, 0.4) is 0 Å². The van der Waals surface area contributed by atoms with Crippen LogP contribution in [0.25, 0.3) is 16.1 Å². The molecule has 0 spiro atoms. The SMILES string of the molecule is O=C(NCc1ccc2nccn2c1)c1ccc(-c2cnn(CC3CCCO3)c2)s1. The highest BCUT2D eigenvalue weighted by molar-refractivity contribution is 7.17. The molecule has 4 aromatic heterocycles. The van der Waals surface area contributed by atoms with E-state index in [0.29, 0.717) is 11.4 Å². The number of fused-ring (bicyclic) bond motifs is 1. The monoisotopic (exact) mass is 407 g/mol. The van der Waals surface area contributed by atoms with E-state index in [1.54, 1.807) is 6.20 Å². The second kappa shape index (κ2) is 7.81. The zero-order valence-corrected chi connectivity index (χ0v) is 16.6. The molecule has 1 unspecified atom stereocenters. The van der Waals surface area contributed by atoms with Gasteiger partial charge in [0.2, 0.25) is 0 Å². The van der Waals surface area contributed by atoms with Gasteiger partial charge in [-0.2, -0.15) is 5.10 Å². The van der Waals surface area contributed by atoms with Crippen molar-refractivity contribution in [2.75, 3.05) is 6.61 Å². The predicted octanol–water partition coefficient (Wildman–Crippen LogP) is 3.37. The number of rotatable bonds is 6. The number of ether oxygens (including phenoxy) is 1. The fraction of sp³-hybridized carbons (Fsp3) is 0.286. The number of carbonyl (C=O) groups excluding carboxylic acids is 1. The molecule has 1 N–H and O–H groups in total. The summed E-state index contributed by atoms with van der Waals surface area (Å²) in [6.07, 6.45) is 12.0. The highest BCUT2D eigenvalue weighted by Crippen LogP contribution is 2.28. The highest BCUT2D eigenvalue weighted by atomic mass is 32.1. The van der Waals surface area contributed by atoms with Crippen molar-refractivity contribution in [3.05, 3.63) is 65.7 Å². The number of thiophene rings is 1. The molecule has 1 saturated heterocycles. The highest BCUT2D eigenvalue weighted by Gasteiger charge is 2.17. The second-order valence-electron chi connectivity index (χ2n) is 7.16. The molecule has 8 heteroatoms. The van der Waals surface area contributed by atoms with Gasteiger partial charge in [-0.05, 0) is 36.6 Å². The van der Waals surface area contributed by atoms with Gasteiger partial charge in [0.05, 0.1) is 23.7 Å². The molecule has 1 aliphatic rings. The Bertz CT molecular complexity index is 1140. The van der Waals surface area contributed by atoms with E-state index in [2.05, 4.69) is 15.4 Å². The Hall–Kier alpha value is -2.97. The average molecular weight is 407 g/mol. The van der Waals surface area contributed by atoms with Crippen LogP contribution in [-0.4, -0.2) is 37.8 Å². The summed E-state index contributed by atoms with van der Waals surface area (Å²) in [4.78, 5) is 18.5. The molecule has 7 nitrogen and oxygen atoms in total. The predicted molar refractivity (Wildman–Crippen MR) is 111 cm³/mol. The molecule has 0 bridgehead atoms. The van der Waals surface area contributed by atoms with E-state index < -0.39 is 0 Å². The Morgan fingerprint density at radius 1 is 1.28 bits per heavy atom. The van der Waals surface area contributed by atoms with Crippen molar-refractivity contribution < 1.29 is 9.53 Å². The third kappa shape index (κ3) is 3.94. The van der Waals surface area contributed by atoms with Crippen molar-refractivity contribution in [1.82, 2.24) is 24.5 Å². The van der Waals surface area contributed by atoms with Gasteiger partial charge in [-0.15, -0.1) is 11.3 Å². The average Bonchev–Trinajstić information content (AvgIpc) is 3.53. The number of imidazole rings is 1. The number of nitrogens with one attached hydrogen (secondary N) is 1. The minimum absolute atomic E-state index is 0.0706. The summed E-state index contributed by atoms with van der Waals surface area (Å²) in [6.45, 7) is 2.10. The number of hydrogen-bond acceptors (Lipinski definition) is 5. The lowest BCUT2D eigenvalue weighted by Crippen LogP contribution is -2.21. The summed E-state index contributed by atoms with van der Waals surface area (Å²) in [5, 5.41) is 7.43. The maximum absolute atomic E-state index is 12.6. The van der Waals surface area contributed by atoms with Gasteiger partial charge >= 0.3 is 0 Å². The second-order valence-corrected chi connectivity index (χ2v) is 8.25. The number of amides is 1. The fourth-order valence-electron chi connectivity index (χ4n) is 3.54. The van der Waals surface area contributed by atoms with Crippen LogP contribution in [0.1, 0.15) is 28.1 Å². The van der Waals surface area contributed by atoms with Crippen LogP contribution >= 0.6 is 11.3 Å². The maximum atomic E-state index is 12.6. The van der Waals surface area contributed by atoms with Crippen molar-refractivity contribution >= 4 is 22.9 Å². The van der Waals surface area contributed by atoms with E-state index in [0.717, 1.165) is 47.6 Å². The molecule has 0 saturated carbocycles. The molecule has 5 heterocycles. The molecule has 1 atom stereocenters. The minimum atomic E-state index is -0.0706. The largest absolute Gasteiger partial charge is 0.376 e. The molecular weight excluding hydrogens is 386 g/mol. The first-order chi connectivity index (χ1) is 14.2. The normalized spacial score (nSPS) is 16.5. The summed E-state index contributed by atoms with van der Waals surface area (Å²) in [7, 11) is 0. The lowest BCUT2D eigenvalue weighted by Gasteiger charge is -2.08. The van der Waals surface area contributed by atoms with Gasteiger partial charge in [0, 0.05) is 48.4 Å². The van der Waals surface area contributed by atoms with Crippen molar-refractivity contribution in [2.45, 2.75) is 32.0 Å². The smallest absolute Gasteiger partial charge is 0.261 e. The molecule has 0 aliphatic carbocycles. The molecule has 29 heavy (non-hydrogen) atoms. The molecule has 1 amide bonds. The van der Waals surface area contributed by atoms with Crippen LogP contribution in [0, 0.1) is 0 Å². The summed E-state index contributed by atoms with van der Waals surface area (Å²) in [5.41, 5.74) is 2.94. The van der Waals surface area contributed by atoms with Gasteiger partial charge in [0.25, 0.3) is 5.91 Å². The van der Waals surface area contributed by atoms with E-state index in [1.807, 2.05) is 58.1 Å². The number of nitrogens with zero attached hydrogens (tertiary/aromatic N) is 4. The van der Waals surface area contributed by atoms with Gasteiger partial charge < -0.3 is 14.5 Å². The van der Waals surface area contributed by atoms with Crippen molar-refractivity contribution in [3.63, 3.8) is 0 Å². The Labute approximate surface area is 172 Å². The standard InChI is InChI=1S/C21H21N5O2S/c27-21(23-10-15-3-6-20-22-7-8-25(20)12-15)19-5-4-18(29-19)16-11-24-26(13-16)14-17-2-1-9-28-17/h3-8,11-13,17H,1-2,9-10,14H2,(H,23,27). The van der Waals surface area contributed by atoms with Crippen LogP contribution < -0.4 is 5.32 Å². The van der Waals surface area contributed by atoms with Crippen LogP contribution in [0.2, 0.25) is 0 Å². The molecule has 1 fully saturated rings. The lowest BCUT2D eigenvalue weighted by molar-refractivity contribution is 0.0939. The number of aromatic nitrogens is 4. The fourth-order valence-corrected chi connectivity index (χ4v) is 4.44. The van der Waals surface area contributed by atoms with Gasteiger partial charge in [0.15, 0.2) is 0 Å². The molecule has 4 aromatic rings. The van der Waals surface area contributed by atoms with E-state index >= 15 is 0 Å². The lowest BCUT2D eigenvalue weighted by atomic mass is 10.2. The van der Waals surface area contributed by atoms with Gasteiger partial charge in [-0.25, -0.2) is 4.98 Å². The third-order valence-electron chi connectivity index (χ3n) is 5.07. The quantitative estimate of drug-likeness (QED) is 0.532. The number of pyridine rings is 1. The Kier molecular flexibility index (Phi) is 4.87. The van der Waals surface area contributed by atoms with E-state index in [-0.39, 0.29) is 12.0 Å². The van der Waals surface area contributed by atoms with E-state index in [1.165, 1.54) is 11.3 Å². The molecule has 0 radical (unpaired) electrons. The molecular formula is C21H21N5O2S. The first-order valence-electron chi connectivity index (χ1n) is 9.69. The van der Waals surface area contributed by atoms with Crippen LogP contribution in [0.5, 0.6) is 0 Å². The van der Waals surface area contributed by atoms with Gasteiger partial charge in [-0.1, -0.05) is 6.07 Å². The summed E-state index contributed by atoms with van der Waals surface area (Å²) >= 11 is 1.48.